The van der Waals surface area contributed by atoms with Crippen molar-refractivity contribution in [2.75, 3.05) is 0 Å². The summed E-state index contributed by atoms with van der Waals surface area (Å²) in [4.78, 5) is 19.1. The van der Waals surface area contributed by atoms with Crippen molar-refractivity contribution in [3.05, 3.63) is 48.7 Å². The van der Waals surface area contributed by atoms with Crippen LogP contribution >= 0.6 is 0 Å². The Hall–Kier alpha value is -2.56. The Kier molecular flexibility index (Phi) is 4.50. The molecule has 0 bridgehead atoms. The molecule has 0 saturated heterocycles. The molecule has 0 aliphatic heterocycles. The van der Waals surface area contributed by atoms with Gasteiger partial charge < -0.3 is 14.6 Å². The second kappa shape index (κ2) is 6.12. The van der Waals surface area contributed by atoms with Gasteiger partial charge >= 0.3 is 11.9 Å². The smallest absolute Gasteiger partial charge is 0.328 e. The van der Waals surface area contributed by atoms with Crippen LogP contribution in [0.2, 0.25) is 0 Å². The highest BCUT2D eigenvalue weighted by Crippen LogP contribution is 2.12. The number of benzene rings is 1. The highest BCUT2D eigenvalue weighted by molar-refractivity contribution is 5.89. The number of furan rings is 1. The SMILES string of the molecule is O=C(O)C=CC(=O)O.c1ccc2occc2c1. The van der Waals surface area contributed by atoms with E-state index in [2.05, 4.69) is 0 Å². The first-order chi connectivity index (χ1) is 8.09. The van der Waals surface area contributed by atoms with Gasteiger partial charge in [-0.1, -0.05) is 18.2 Å². The number of hydrogen-bond acceptors (Lipinski definition) is 3. The number of rotatable bonds is 2. The third-order valence-corrected chi connectivity index (χ3v) is 1.73. The molecule has 0 atom stereocenters. The molecule has 2 rings (SSSR count). The van der Waals surface area contributed by atoms with Gasteiger partial charge in [-0.25, -0.2) is 9.59 Å². The zero-order chi connectivity index (χ0) is 12.7. The summed E-state index contributed by atoms with van der Waals surface area (Å²) in [5.41, 5.74) is 0.956. The predicted octanol–water partition coefficient (Wildman–Crippen LogP) is 2.14. The van der Waals surface area contributed by atoms with Gasteiger partial charge in [0.15, 0.2) is 0 Å². The molecule has 5 nitrogen and oxygen atoms in total. The lowest BCUT2D eigenvalue weighted by molar-refractivity contribution is -0.134. The zero-order valence-electron chi connectivity index (χ0n) is 8.74. The van der Waals surface area contributed by atoms with Crippen molar-refractivity contribution < 1.29 is 24.2 Å². The maximum absolute atomic E-state index is 9.55. The number of fused-ring (bicyclic) bond motifs is 1. The standard InChI is InChI=1S/C8H6O.C4H4O4/c1-2-4-8-7(3-1)5-6-9-8;5-3(6)1-2-4(7)8/h1-6H;1-2H,(H,5,6)(H,7,8). The monoisotopic (exact) mass is 234 g/mol. The highest BCUT2D eigenvalue weighted by Gasteiger charge is 1.89. The van der Waals surface area contributed by atoms with Crippen LogP contribution in [0.5, 0.6) is 0 Å². The number of hydrogen-bond donors (Lipinski definition) is 2. The molecule has 2 aromatic rings. The van der Waals surface area contributed by atoms with Crippen molar-refractivity contribution in [3.63, 3.8) is 0 Å². The van der Waals surface area contributed by atoms with Gasteiger partial charge in [-0.05, 0) is 12.1 Å². The highest BCUT2D eigenvalue weighted by atomic mass is 16.4. The molecule has 1 aromatic carbocycles. The van der Waals surface area contributed by atoms with Crippen LogP contribution in [0.3, 0.4) is 0 Å². The Labute approximate surface area is 96.6 Å². The minimum atomic E-state index is -1.26. The number of carboxylic acid groups (broad SMARTS) is 2. The van der Waals surface area contributed by atoms with Crippen LogP contribution in [0.4, 0.5) is 0 Å². The van der Waals surface area contributed by atoms with Gasteiger partial charge in [-0.3, -0.25) is 0 Å². The first kappa shape index (κ1) is 12.5. The second-order valence-corrected chi connectivity index (χ2v) is 2.97. The Balaban J connectivity index is 0.000000172. The van der Waals surface area contributed by atoms with Gasteiger partial charge in [0, 0.05) is 17.5 Å². The largest absolute Gasteiger partial charge is 0.478 e. The van der Waals surface area contributed by atoms with E-state index in [4.69, 9.17) is 14.6 Å². The third-order valence-electron chi connectivity index (χ3n) is 1.73. The molecule has 88 valence electrons. The van der Waals surface area contributed by atoms with Gasteiger partial charge in [0.25, 0.3) is 0 Å². The van der Waals surface area contributed by atoms with E-state index >= 15 is 0 Å². The van der Waals surface area contributed by atoms with Crippen LogP contribution in [0.1, 0.15) is 0 Å². The van der Waals surface area contributed by atoms with Crippen LogP contribution in [-0.2, 0) is 9.59 Å². The molecule has 0 fully saturated rings. The fourth-order valence-corrected chi connectivity index (χ4v) is 1.05. The average Bonchev–Trinajstić information content (AvgIpc) is 2.75. The van der Waals surface area contributed by atoms with Gasteiger partial charge in [-0.2, -0.15) is 0 Å². The van der Waals surface area contributed by atoms with E-state index < -0.39 is 11.9 Å². The van der Waals surface area contributed by atoms with E-state index in [1.54, 1.807) is 6.26 Å². The molecule has 0 aliphatic rings. The first-order valence-electron chi connectivity index (χ1n) is 4.66. The summed E-state index contributed by atoms with van der Waals surface area (Å²) in [7, 11) is 0. The average molecular weight is 234 g/mol. The van der Waals surface area contributed by atoms with Gasteiger partial charge in [0.05, 0.1) is 6.26 Å². The lowest BCUT2D eigenvalue weighted by Gasteiger charge is -1.81. The Bertz CT molecular complexity index is 492. The van der Waals surface area contributed by atoms with Crippen molar-refractivity contribution >= 4 is 22.9 Å². The van der Waals surface area contributed by atoms with E-state index in [1.807, 2.05) is 30.3 Å². The molecular formula is C12H10O5. The van der Waals surface area contributed by atoms with Crippen LogP contribution in [0.15, 0.2) is 53.2 Å². The maximum atomic E-state index is 9.55. The Morgan fingerprint density at radius 3 is 2.12 bits per heavy atom. The maximum Gasteiger partial charge on any atom is 0.328 e. The van der Waals surface area contributed by atoms with E-state index in [1.165, 1.54) is 0 Å². The molecule has 1 heterocycles. The molecule has 0 saturated carbocycles. The number of carboxylic acids is 2. The fraction of sp³-hybridized carbons (Fsp3) is 0. The molecule has 0 spiro atoms. The summed E-state index contributed by atoms with van der Waals surface area (Å²) in [5.74, 6) is -2.51. The first-order valence-corrected chi connectivity index (χ1v) is 4.66. The van der Waals surface area contributed by atoms with Crippen LogP contribution < -0.4 is 0 Å². The molecule has 0 aliphatic carbocycles. The van der Waals surface area contributed by atoms with Crippen LogP contribution in [-0.4, -0.2) is 22.2 Å². The summed E-state index contributed by atoms with van der Waals surface area (Å²) >= 11 is 0. The Morgan fingerprint density at radius 1 is 1.00 bits per heavy atom. The van der Waals surface area contributed by atoms with Crippen molar-refractivity contribution in [1.29, 1.82) is 0 Å². The van der Waals surface area contributed by atoms with E-state index in [0.717, 1.165) is 11.0 Å². The summed E-state index contributed by atoms with van der Waals surface area (Å²) in [6.07, 6.45) is 2.81. The Morgan fingerprint density at radius 2 is 1.59 bits per heavy atom. The molecule has 0 unspecified atom stereocenters. The second-order valence-electron chi connectivity index (χ2n) is 2.97. The minimum Gasteiger partial charge on any atom is -0.478 e. The van der Waals surface area contributed by atoms with Crippen molar-refractivity contribution in [2.24, 2.45) is 0 Å². The van der Waals surface area contributed by atoms with Gasteiger partial charge in [0.1, 0.15) is 5.58 Å². The minimum absolute atomic E-state index is 0.558. The van der Waals surface area contributed by atoms with Crippen molar-refractivity contribution in [1.82, 2.24) is 0 Å². The molecular weight excluding hydrogens is 224 g/mol. The normalized spacial score (nSPS) is 9.88. The predicted molar refractivity (Wildman–Crippen MR) is 60.6 cm³/mol. The van der Waals surface area contributed by atoms with E-state index in [9.17, 15) is 9.59 Å². The molecule has 17 heavy (non-hydrogen) atoms. The lowest BCUT2D eigenvalue weighted by atomic mass is 10.3. The lowest BCUT2D eigenvalue weighted by Crippen LogP contribution is -1.91. The van der Waals surface area contributed by atoms with E-state index in [-0.39, 0.29) is 0 Å². The van der Waals surface area contributed by atoms with Gasteiger partial charge in [0.2, 0.25) is 0 Å². The van der Waals surface area contributed by atoms with Crippen molar-refractivity contribution in [3.8, 4) is 0 Å². The quantitative estimate of drug-likeness (QED) is 0.777. The zero-order valence-corrected chi connectivity index (χ0v) is 8.74. The summed E-state index contributed by atoms with van der Waals surface area (Å²) in [6.45, 7) is 0. The van der Waals surface area contributed by atoms with Crippen molar-refractivity contribution in [2.45, 2.75) is 0 Å². The molecule has 5 heteroatoms. The summed E-state index contributed by atoms with van der Waals surface area (Å²) < 4.78 is 5.12. The number of para-hydroxylation sites is 1. The third kappa shape index (κ3) is 4.65. The van der Waals surface area contributed by atoms with Crippen LogP contribution in [0, 0.1) is 0 Å². The number of aliphatic carboxylic acids is 2. The van der Waals surface area contributed by atoms with Gasteiger partial charge in [-0.15, -0.1) is 0 Å². The molecule has 2 N–H and O–H groups in total. The topological polar surface area (TPSA) is 87.7 Å². The van der Waals surface area contributed by atoms with Crippen LogP contribution in [0.25, 0.3) is 11.0 Å². The summed E-state index contributed by atoms with van der Waals surface area (Å²) in [5, 5.41) is 16.8. The molecule has 0 amide bonds. The summed E-state index contributed by atoms with van der Waals surface area (Å²) in [6, 6.07) is 9.90. The molecule has 1 aromatic heterocycles. The fourth-order valence-electron chi connectivity index (χ4n) is 1.05. The van der Waals surface area contributed by atoms with E-state index in [0.29, 0.717) is 12.2 Å². The molecule has 0 radical (unpaired) electrons. The number of carbonyl (C=O) groups is 2.